The first kappa shape index (κ1) is 14.7. The van der Waals surface area contributed by atoms with Crippen molar-refractivity contribution in [3.8, 4) is 10.6 Å². The molecule has 0 radical (unpaired) electrons. The fourth-order valence-corrected chi connectivity index (χ4v) is 3.08. The second-order valence-electron chi connectivity index (χ2n) is 5.67. The number of nitrogens with one attached hydrogen (secondary N) is 1. The summed E-state index contributed by atoms with van der Waals surface area (Å²) in [6, 6.07) is 2.09. The SMILES string of the molecule is CC(C)(C)C(O)CNCc1csc(-c2ccsc2)n1. The molecule has 0 spiro atoms. The smallest absolute Gasteiger partial charge is 0.124 e. The number of thiazole rings is 1. The molecule has 2 aromatic heterocycles. The zero-order chi connectivity index (χ0) is 13.9. The molecule has 104 valence electrons. The Morgan fingerprint density at radius 2 is 2.16 bits per heavy atom. The summed E-state index contributed by atoms with van der Waals surface area (Å²) in [6.07, 6.45) is -0.345. The molecule has 2 rings (SSSR count). The van der Waals surface area contributed by atoms with Gasteiger partial charge in [0.05, 0.1) is 11.8 Å². The van der Waals surface area contributed by atoms with Crippen molar-refractivity contribution in [3.63, 3.8) is 0 Å². The van der Waals surface area contributed by atoms with Crippen LogP contribution in [0.4, 0.5) is 0 Å². The molecule has 2 N–H and O–H groups in total. The summed E-state index contributed by atoms with van der Waals surface area (Å²) in [6.45, 7) is 7.41. The van der Waals surface area contributed by atoms with Gasteiger partial charge in [-0.2, -0.15) is 11.3 Å². The Balaban J connectivity index is 1.85. The summed E-state index contributed by atoms with van der Waals surface area (Å²) in [4.78, 5) is 4.59. The fraction of sp³-hybridized carbons (Fsp3) is 0.500. The number of rotatable bonds is 5. The summed E-state index contributed by atoms with van der Waals surface area (Å²) >= 11 is 3.35. The van der Waals surface area contributed by atoms with Crippen molar-refractivity contribution in [1.82, 2.24) is 10.3 Å². The van der Waals surface area contributed by atoms with Gasteiger partial charge in [-0.3, -0.25) is 0 Å². The monoisotopic (exact) mass is 296 g/mol. The van der Waals surface area contributed by atoms with E-state index >= 15 is 0 Å². The highest BCUT2D eigenvalue weighted by molar-refractivity contribution is 7.14. The van der Waals surface area contributed by atoms with E-state index in [2.05, 4.69) is 32.5 Å². The molecule has 2 aromatic rings. The molecule has 0 saturated heterocycles. The van der Waals surface area contributed by atoms with Crippen LogP contribution in [0.25, 0.3) is 10.6 Å². The average Bonchev–Trinajstić information content (AvgIpc) is 2.97. The summed E-state index contributed by atoms with van der Waals surface area (Å²) in [5, 5.41) is 20.5. The largest absolute Gasteiger partial charge is 0.391 e. The molecule has 2 heterocycles. The average molecular weight is 296 g/mol. The zero-order valence-corrected chi connectivity index (χ0v) is 13.1. The Morgan fingerprint density at radius 3 is 2.79 bits per heavy atom. The Bertz CT molecular complexity index is 500. The van der Waals surface area contributed by atoms with Crippen LogP contribution >= 0.6 is 22.7 Å². The number of aliphatic hydroxyl groups excluding tert-OH is 1. The van der Waals surface area contributed by atoms with Crippen LogP contribution in [0.15, 0.2) is 22.2 Å². The molecule has 0 fully saturated rings. The van der Waals surface area contributed by atoms with E-state index in [0.29, 0.717) is 13.1 Å². The number of aliphatic hydroxyl groups is 1. The molecule has 0 saturated carbocycles. The summed E-state index contributed by atoms with van der Waals surface area (Å²) in [7, 11) is 0. The van der Waals surface area contributed by atoms with Gasteiger partial charge in [0.2, 0.25) is 0 Å². The Kier molecular flexibility index (Phi) is 4.73. The zero-order valence-electron chi connectivity index (χ0n) is 11.5. The molecule has 1 atom stereocenters. The lowest BCUT2D eigenvalue weighted by molar-refractivity contribution is 0.0627. The van der Waals surface area contributed by atoms with Gasteiger partial charge in [0.15, 0.2) is 0 Å². The van der Waals surface area contributed by atoms with Gasteiger partial charge in [0.1, 0.15) is 5.01 Å². The predicted molar refractivity (Wildman–Crippen MR) is 82.6 cm³/mol. The lowest BCUT2D eigenvalue weighted by Gasteiger charge is -2.25. The number of aromatic nitrogens is 1. The summed E-state index contributed by atoms with van der Waals surface area (Å²) in [5.41, 5.74) is 2.14. The number of thiophene rings is 1. The van der Waals surface area contributed by atoms with Gasteiger partial charge in [-0.1, -0.05) is 20.8 Å². The molecule has 0 aliphatic carbocycles. The van der Waals surface area contributed by atoms with E-state index in [4.69, 9.17) is 0 Å². The first-order valence-electron chi connectivity index (χ1n) is 6.32. The van der Waals surface area contributed by atoms with E-state index in [-0.39, 0.29) is 11.5 Å². The molecular weight excluding hydrogens is 276 g/mol. The Hall–Kier alpha value is -0.750. The molecular formula is C14H20N2OS2. The van der Waals surface area contributed by atoms with Crippen molar-refractivity contribution in [2.24, 2.45) is 5.41 Å². The molecule has 3 nitrogen and oxygen atoms in total. The maximum atomic E-state index is 9.94. The van der Waals surface area contributed by atoms with E-state index < -0.39 is 0 Å². The van der Waals surface area contributed by atoms with Crippen molar-refractivity contribution in [2.75, 3.05) is 6.54 Å². The highest BCUT2D eigenvalue weighted by atomic mass is 32.1. The molecule has 19 heavy (non-hydrogen) atoms. The molecule has 5 heteroatoms. The third-order valence-corrected chi connectivity index (χ3v) is 4.59. The lowest BCUT2D eigenvalue weighted by Crippen LogP contribution is -2.36. The predicted octanol–water partition coefficient (Wildman–Crippen LogP) is 3.37. The van der Waals surface area contributed by atoms with Crippen molar-refractivity contribution in [3.05, 3.63) is 27.9 Å². The van der Waals surface area contributed by atoms with Crippen LogP contribution in [0.2, 0.25) is 0 Å². The minimum atomic E-state index is -0.345. The van der Waals surface area contributed by atoms with E-state index in [0.717, 1.165) is 10.7 Å². The second kappa shape index (κ2) is 6.13. The maximum absolute atomic E-state index is 9.94. The highest BCUT2D eigenvalue weighted by Gasteiger charge is 2.21. The first-order chi connectivity index (χ1) is 8.97. The van der Waals surface area contributed by atoms with Crippen LogP contribution < -0.4 is 5.32 Å². The van der Waals surface area contributed by atoms with Crippen molar-refractivity contribution < 1.29 is 5.11 Å². The van der Waals surface area contributed by atoms with Gasteiger partial charge in [-0.25, -0.2) is 4.98 Å². The van der Waals surface area contributed by atoms with Crippen LogP contribution in [0.1, 0.15) is 26.5 Å². The van der Waals surface area contributed by atoms with E-state index in [1.54, 1.807) is 22.7 Å². The van der Waals surface area contributed by atoms with Crippen molar-refractivity contribution in [2.45, 2.75) is 33.4 Å². The minimum absolute atomic E-state index is 0.0864. The Morgan fingerprint density at radius 1 is 1.37 bits per heavy atom. The number of hydrogen-bond acceptors (Lipinski definition) is 5. The second-order valence-corrected chi connectivity index (χ2v) is 7.31. The first-order valence-corrected chi connectivity index (χ1v) is 8.15. The third-order valence-electron chi connectivity index (χ3n) is 2.96. The van der Waals surface area contributed by atoms with Gasteiger partial charge in [0.25, 0.3) is 0 Å². The summed E-state index contributed by atoms with van der Waals surface area (Å²) in [5.74, 6) is 0. The van der Waals surface area contributed by atoms with E-state index in [9.17, 15) is 5.11 Å². The van der Waals surface area contributed by atoms with Crippen LogP contribution in [-0.2, 0) is 6.54 Å². The molecule has 0 amide bonds. The van der Waals surface area contributed by atoms with E-state index in [1.807, 2.05) is 20.8 Å². The van der Waals surface area contributed by atoms with Crippen LogP contribution in [0.3, 0.4) is 0 Å². The molecule has 0 aliphatic heterocycles. The van der Waals surface area contributed by atoms with Gasteiger partial charge in [-0.05, 0) is 16.9 Å². The number of hydrogen-bond donors (Lipinski definition) is 2. The fourth-order valence-electron chi connectivity index (χ4n) is 1.55. The normalized spacial score (nSPS) is 13.7. The molecule has 0 aromatic carbocycles. The molecule has 0 aliphatic rings. The van der Waals surface area contributed by atoms with Crippen LogP contribution in [0, 0.1) is 5.41 Å². The maximum Gasteiger partial charge on any atom is 0.124 e. The minimum Gasteiger partial charge on any atom is -0.391 e. The molecule has 1 unspecified atom stereocenters. The van der Waals surface area contributed by atoms with Gasteiger partial charge in [-0.15, -0.1) is 11.3 Å². The van der Waals surface area contributed by atoms with Crippen molar-refractivity contribution in [1.29, 1.82) is 0 Å². The highest BCUT2D eigenvalue weighted by Crippen LogP contribution is 2.25. The van der Waals surface area contributed by atoms with Crippen molar-refractivity contribution >= 4 is 22.7 Å². The Labute approximate surface area is 122 Å². The van der Waals surface area contributed by atoms with Crippen LogP contribution in [-0.4, -0.2) is 22.7 Å². The quantitative estimate of drug-likeness (QED) is 0.889. The number of nitrogens with zero attached hydrogens (tertiary/aromatic N) is 1. The van der Waals surface area contributed by atoms with Crippen LogP contribution in [0.5, 0.6) is 0 Å². The topological polar surface area (TPSA) is 45.1 Å². The van der Waals surface area contributed by atoms with Gasteiger partial charge >= 0.3 is 0 Å². The van der Waals surface area contributed by atoms with E-state index in [1.165, 1.54) is 5.56 Å². The molecule has 0 bridgehead atoms. The summed E-state index contributed by atoms with van der Waals surface area (Å²) < 4.78 is 0. The standard InChI is InChI=1S/C14H20N2OS2/c1-14(2,3)12(17)7-15-6-11-9-19-13(16-11)10-4-5-18-8-10/h4-5,8-9,12,15,17H,6-7H2,1-3H3. The lowest BCUT2D eigenvalue weighted by atomic mass is 9.89. The third kappa shape index (κ3) is 4.11. The van der Waals surface area contributed by atoms with Gasteiger partial charge < -0.3 is 10.4 Å². The van der Waals surface area contributed by atoms with Gasteiger partial charge in [0, 0.05) is 29.4 Å².